The number of piperidine rings is 1. The zero-order valence-electron chi connectivity index (χ0n) is 13.8. The summed E-state index contributed by atoms with van der Waals surface area (Å²) in [5.41, 5.74) is 1.26. The van der Waals surface area contributed by atoms with Crippen LogP contribution >= 0.6 is 11.8 Å². The van der Waals surface area contributed by atoms with Crippen LogP contribution < -0.4 is 5.32 Å². The minimum absolute atomic E-state index is 0.0187. The summed E-state index contributed by atoms with van der Waals surface area (Å²) >= 11 is 1.87. The fourth-order valence-corrected chi connectivity index (χ4v) is 4.67. The monoisotopic (exact) mass is 334 g/mol. The quantitative estimate of drug-likeness (QED) is 0.890. The van der Waals surface area contributed by atoms with Crippen LogP contribution in [-0.2, 0) is 0 Å². The molecule has 0 aromatic heterocycles. The van der Waals surface area contributed by atoms with Crippen LogP contribution in [-0.4, -0.2) is 41.5 Å². The number of fused-ring (bicyclic) bond motifs is 1. The lowest BCUT2D eigenvalue weighted by Gasteiger charge is -2.40. The van der Waals surface area contributed by atoms with Gasteiger partial charge in [0.05, 0.1) is 6.04 Å². The van der Waals surface area contributed by atoms with Crippen molar-refractivity contribution >= 4 is 17.8 Å². The number of nitrogens with zero attached hydrogens (tertiary/aromatic N) is 1. The van der Waals surface area contributed by atoms with Crippen LogP contribution in [0.25, 0.3) is 0 Å². The molecule has 2 aliphatic heterocycles. The standard InChI is InChI=1S/C18H26N2O2S/c1-2-18(13-21)8-10-20(11-9-18)17(22)19-15-7-12-23-16-6-4-3-5-14(15)16/h3-6,15,21H,2,7-13H2,1H3,(H,19,22). The summed E-state index contributed by atoms with van der Waals surface area (Å²) < 4.78 is 0. The third-order valence-corrected chi connectivity index (χ3v) is 6.58. The molecule has 3 rings (SSSR count). The van der Waals surface area contributed by atoms with Gasteiger partial charge in [0, 0.05) is 30.3 Å². The Kier molecular flexibility index (Phi) is 5.17. The van der Waals surface area contributed by atoms with Gasteiger partial charge in [-0.25, -0.2) is 4.79 Å². The topological polar surface area (TPSA) is 52.6 Å². The molecule has 126 valence electrons. The second kappa shape index (κ2) is 7.14. The fraction of sp³-hybridized carbons (Fsp3) is 0.611. The number of nitrogens with one attached hydrogen (secondary N) is 1. The first kappa shape index (κ1) is 16.7. The Morgan fingerprint density at radius 2 is 2.13 bits per heavy atom. The summed E-state index contributed by atoms with van der Waals surface area (Å²) in [4.78, 5) is 15.8. The Bertz CT molecular complexity index is 550. The van der Waals surface area contributed by atoms with Crippen LogP contribution in [0.5, 0.6) is 0 Å². The van der Waals surface area contributed by atoms with Crippen molar-refractivity contribution in [3.8, 4) is 0 Å². The van der Waals surface area contributed by atoms with Gasteiger partial charge in [-0.15, -0.1) is 11.8 Å². The minimum Gasteiger partial charge on any atom is -0.396 e. The van der Waals surface area contributed by atoms with Gasteiger partial charge < -0.3 is 15.3 Å². The zero-order valence-corrected chi connectivity index (χ0v) is 14.6. The Morgan fingerprint density at radius 1 is 1.39 bits per heavy atom. The van der Waals surface area contributed by atoms with Crippen LogP contribution in [0, 0.1) is 5.41 Å². The van der Waals surface area contributed by atoms with Gasteiger partial charge in [0.1, 0.15) is 0 Å². The number of rotatable bonds is 3. The highest BCUT2D eigenvalue weighted by atomic mass is 32.2. The van der Waals surface area contributed by atoms with Crippen molar-refractivity contribution in [2.45, 2.75) is 43.5 Å². The number of carbonyl (C=O) groups is 1. The Morgan fingerprint density at radius 3 is 2.83 bits per heavy atom. The summed E-state index contributed by atoms with van der Waals surface area (Å²) in [5, 5.41) is 12.8. The lowest BCUT2D eigenvalue weighted by Crippen LogP contribution is -2.49. The number of likely N-dealkylation sites (tertiary alicyclic amines) is 1. The van der Waals surface area contributed by atoms with Gasteiger partial charge in [-0.1, -0.05) is 25.1 Å². The Labute approximate surface area is 142 Å². The van der Waals surface area contributed by atoms with Gasteiger partial charge in [-0.3, -0.25) is 0 Å². The molecule has 4 nitrogen and oxygen atoms in total. The van der Waals surface area contributed by atoms with E-state index in [1.165, 1.54) is 10.5 Å². The normalized spacial score (nSPS) is 23.2. The molecule has 1 aromatic rings. The number of aliphatic hydroxyl groups is 1. The number of amides is 2. The Balaban J connectivity index is 1.61. The van der Waals surface area contributed by atoms with Gasteiger partial charge in [0.15, 0.2) is 0 Å². The largest absolute Gasteiger partial charge is 0.396 e. The lowest BCUT2D eigenvalue weighted by atomic mass is 9.77. The van der Waals surface area contributed by atoms with E-state index in [-0.39, 0.29) is 24.1 Å². The van der Waals surface area contributed by atoms with E-state index in [4.69, 9.17) is 0 Å². The molecule has 2 N–H and O–H groups in total. The first-order chi connectivity index (χ1) is 11.2. The summed E-state index contributed by atoms with van der Waals surface area (Å²) in [7, 11) is 0. The first-order valence-corrected chi connectivity index (χ1v) is 9.54. The molecule has 1 unspecified atom stereocenters. The van der Waals surface area contributed by atoms with E-state index in [0.717, 1.165) is 44.5 Å². The maximum atomic E-state index is 12.6. The number of aliphatic hydroxyl groups excluding tert-OH is 1. The van der Waals surface area contributed by atoms with Crippen molar-refractivity contribution in [2.24, 2.45) is 5.41 Å². The van der Waals surface area contributed by atoms with E-state index in [9.17, 15) is 9.90 Å². The van der Waals surface area contributed by atoms with Crippen molar-refractivity contribution < 1.29 is 9.90 Å². The molecular weight excluding hydrogens is 308 g/mol. The molecule has 0 saturated carbocycles. The second-order valence-electron chi connectivity index (χ2n) is 6.68. The molecule has 0 aliphatic carbocycles. The van der Waals surface area contributed by atoms with E-state index < -0.39 is 0 Å². The molecule has 0 radical (unpaired) electrons. The maximum absolute atomic E-state index is 12.6. The summed E-state index contributed by atoms with van der Waals surface area (Å²) in [6.07, 6.45) is 3.75. The van der Waals surface area contributed by atoms with Crippen molar-refractivity contribution in [3.05, 3.63) is 29.8 Å². The highest BCUT2D eigenvalue weighted by Gasteiger charge is 2.34. The number of urea groups is 1. The highest BCUT2D eigenvalue weighted by molar-refractivity contribution is 7.99. The van der Waals surface area contributed by atoms with Crippen LogP contribution in [0.2, 0.25) is 0 Å². The number of hydrogen-bond acceptors (Lipinski definition) is 3. The predicted molar refractivity (Wildman–Crippen MR) is 93.7 cm³/mol. The molecule has 1 aromatic carbocycles. The smallest absolute Gasteiger partial charge is 0.317 e. The van der Waals surface area contributed by atoms with Crippen molar-refractivity contribution in [2.75, 3.05) is 25.4 Å². The van der Waals surface area contributed by atoms with Crippen molar-refractivity contribution in [3.63, 3.8) is 0 Å². The molecule has 0 bridgehead atoms. The molecule has 2 aliphatic rings. The molecule has 1 atom stereocenters. The molecule has 1 saturated heterocycles. The van der Waals surface area contributed by atoms with Crippen molar-refractivity contribution in [1.82, 2.24) is 10.2 Å². The van der Waals surface area contributed by atoms with Gasteiger partial charge >= 0.3 is 6.03 Å². The maximum Gasteiger partial charge on any atom is 0.317 e. The van der Waals surface area contributed by atoms with Gasteiger partial charge in [0.2, 0.25) is 0 Å². The minimum atomic E-state index is 0.0187. The van der Waals surface area contributed by atoms with Crippen LogP contribution in [0.4, 0.5) is 4.79 Å². The van der Waals surface area contributed by atoms with Gasteiger partial charge in [-0.2, -0.15) is 0 Å². The average molecular weight is 334 g/mol. The molecule has 23 heavy (non-hydrogen) atoms. The molecule has 2 amide bonds. The van der Waals surface area contributed by atoms with Crippen molar-refractivity contribution in [1.29, 1.82) is 0 Å². The lowest BCUT2D eigenvalue weighted by molar-refractivity contribution is 0.0514. The second-order valence-corrected chi connectivity index (χ2v) is 7.81. The SMILES string of the molecule is CCC1(CO)CCN(C(=O)NC2CCSc3ccccc32)CC1. The van der Waals surface area contributed by atoms with Crippen LogP contribution in [0.1, 0.15) is 44.2 Å². The molecule has 0 spiro atoms. The van der Waals surface area contributed by atoms with Crippen LogP contribution in [0.3, 0.4) is 0 Å². The summed E-state index contributed by atoms with van der Waals surface area (Å²) in [6.45, 7) is 3.83. The van der Waals surface area contributed by atoms with E-state index in [0.29, 0.717) is 0 Å². The zero-order chi connectivity index (χ0) is 16.3. The molecule has 5 heteroatoms. The highest BCUT2D eigenvalue weighted by Crippen LogP contribution is 2.37. The Hall–Kier alpha value is -1.20. The fourth-order valence-electron chi connectivity index (χ4n) is 3.54. The third-order valence-electron chi connectivity index (χ3n) is 5.45. The van der Waals surface area contributed by atoms with Gasteiger partial charge in [0.25, 0.3) is 0 Å². The number of thioether (sulfide) groups is 1. The number of carbonyl (C=O) groups excluding carboxylic acids is 1. The molecule has 2 heterocycles. The molecular formula is C18H26N2O2S. The van der Waals surface area contributed by atoms with E-state index in [1.807, 2.05) is 22.7 Å². The van der Waals surface area contributed by atoms with E-state index in [2.05, 4.69) is 30.4 Å². The third kappa shape index (κ3) is 3.50. The molecule has 1 fully saturated rings. The summed E-state index contributed by atoms with van der Waals surface area (Å²) in [6, 6.07) is 8.52. The number of benzene rings is 1. The predicted octanol–water partition coefficient (Wildman–Crippen LogP) is 3.42. The van der Waals surface area contributed by atoms with Gasteiger partial charge in [-0.05, 0) is 42.7 Å². The van der Waals surface area contributed by atoms with Crippen LogP contribution in [0.15, 0.2) is 29.2 Å². The van der Waals surface area contributed by atoms with E-state index in [1.54, 1.807) is 0 Å². The van der Waals surface area contributed by atoms with E-state index >= 15 is 0 Å². The summed E-state index contributed by atoms with van der Waals surface area (Å²) in [5.74, 6) is 1.05. The average Bonchev–Trinajstić information content (AvgIpc) is 2.62. The number of hydrogen-bond donors (Lipinski definition) is 2. The first-order valence-electron chi connectivity index (χ1n) is 8.55.